The van der Waals surface area contributed by atoms with Gasteiger partial charge in [0.25, 0.3) is 11.5 Å². The largest absolute Gasteiger partial charge is 0.475 e. The fourth-order valence-corrected chi connectivity index (χ4v) is 1.85. The summed E-state index contributed by atoms with van der Waals surface area (Å²) in [4.78, 5) is 40.1. The molecule has 0 saturated carbocycles. The number of nitrogens with one attached hydrogen (secondary N) is 2. The second kappa shape index (κ2) is 7.20. The molecule has 0 radical (unpaired) electrons. The van der Waals surface area contributed by atoms with Crippen LogP contribution in [0, 0.1) is 0 Å². The Kier molecular flexibility index (Phi) is 5.25. The standard InChI is InChI=1S/C14H13F3N4O4/c1-21-7-8(11(23)20-13(21)24)10(22)18-5-6-25-12-9(14(15,16)17)3-2-4-19-12/h2-4,7H,5-6H2,1H3,(H,18,22)(H,20,23,24). The summed E-state index contributed by atoms with van der Waals surface area (Å²) in [5, 5.41) is 2.31. The molecule has 11 heteroatoms. The maximum atomic E-state index is 12.8. The van der Waals surface area contributed by atoms with Gasteiger partial charge in [0, 0.05) is 19.4 Å². The van der Waals surface area contributed by atoms with E-state index in [2.05, 4.69) is 10.3 Å². The summed E-state index contributed by atoms with van der Waals surface area (Å²) < 4.78 is 44.2. The summed E-state index contributed by atoms with van der Waals surface area (Å²) in [6, 6.07) is 1.95. The highest BCUT2D eigenvalue weighted by atomic mass is 19.4. The number of H-pyrrole nitrogens is 1. The second-order valence-corrected chi connectivity index (χ2v) is 4.87. The summed E-state index contributed by atoms with van der Waals surface area (Å²) in [5.41, 5.74) is -2.89. The van der Waals surface area contributed by atoms with E-state index in [1.807, 2.05) is 4.98 Å². The van der Waals surface area contributed by atoms with Crippen LogP contribution in [0.4, 0.5) is 13.2 Å². The van der Waals surface area contributed by atoms with Crippen molar-refractivity contribution in [2.75, 3.05) is 13.2 Å². The fourth-order valence-electron chi connectivity index (χ4n) is 1.85. The van der Waals surface area contributed by atoms with Gasteiger partial charge in [-0.15, -0.1) is 0 Å². The van der Waals surface area contributed by atoms with Crippen molar-refractivity contribution >= 4 is 5.91 Å². The minimum atomic E-state index is -4.62. The maximum absolute atomic E-state index is 12.8. The van der Waals surface area contributed by atoms with Gasteiger partial charge in [-0.25, -0.2) is 9.78 Å². The predicted octanol–water partition coefficient (Wildman–Crippen LogP) is 0.296. The molecule has 0 unspecified atom stereocenters. The van der Waals surface area contributed by atoms with Gasteiger partial charge in [-0.05, 0) is 12.1 Å². The molecule has 0 aliphatic carbocycles. The van der Waals surface area contributed by atoms with Gasteiger partial charge in [-0.2, -0.15) is 13.2 Å². The first-order chi connectivity index (χ1) is 11.7. The lowest BCUT2D eigenvalue weighted by Crippen LogP contribution is -2.37. The van der Waals surface area contributed by atoms with Crippen molar-refractivity contribution in [3.63, 3.8) is 0 Å². The molecule has 0 aliphatic heterocycles. The van der Waals surface area contributed by atoms with E-state index in [0.29, 0.717) is 0 Å². The number of carbonyl (C=O) groups is 1. The van der Waals surface area contributed by atoms with Gasteiger partial charge in [-0.3, -0.25) is 14.6 Å². The summed E-state index contributed by atoms with van der Waals surface area (Å²) in [6.45, 7) is -0.468. The molecule has 0 aliphatic rings. The third-order valence-electron chi connectivity index (χ3n) is 3.06. The highest BCUT2D eigenvalue weighted by Gasteiger charge is 2.35. The summed E-state index contributed by atoms with van der Waals surface area (Å²) in [5.74, 6) is -1.40. The molecule has 2 aromatic rings. The molecule has 0 fully saturated rings. The Morgan fingerprint density at radius 3 is 2.80 bits per heavy atom. The van der Waals surface area contributed by atoms with Gasteiger partial charge in [0.2, 0.25) is 5.88 Å². The molecule has 2 aromatic heterocycles. The van der Waals surface area contributed by atoms with Gasteiger partial charge in [0.15, 0.2) is 0 Å². The van der Waals surface area contributed by atoms with Crippen LogP contribution in [-0.4, -0.2) is 33.6 Å². The number of aromatic amines is 1. The number of halogens is 3. The molecule has 0 spiro atoms. The Morgan fingerprint density at radius 2 is 2.12 bits per heavy atom. The van der Waals surface area contributed by atoms with E-state index < -0.39 is 34.8 Å². The molecule has 2 N–H and O–H groups in total. The molecule has 2 rings (SSSR count). The van der Waals surface area contributed by atoms with Crippen LogP contribution in [0.15, 0.2) is 34.1 Å². The van der Waals surface area contributed by atoms with Gasteiger partial charge < -0.3 is 14.6 Å². The van der Waals surface area contributed by atoms with E-state index in [1.165, 1.54) is 7.05 Å². The van der Waals surface area contributed by atoms with E-state index in [4.69, 9.17) is 4.74 Å². The smallest absolute Gasteiger partial charge is 0.421 e. The van der Waals surface area contributed by atoms with E-state index >= 15 is 0 Å². The number of nitrogens with zero attached hydrogens (tertiary/aromatic N) is 2. The average Bonchev–Trinajstić information content (AvgIpc) is 2.54. The van der Waals surface area contributed by atoms with Crippen molar-refractivity contribution in [3.8, 4) is 5.88 Å². The van der Waals surface area contributed by atoms with Crippen molar-refractivity contribution < 1.29 is 22.7 Å². The van der Waals surface area contributed by atoms with Crippen LogP contribution in [0.5, 0.6) is 5.88 Å². The number of rotatable bonds is 5. The number of hydrogen-bond acceptors (Lipinski definition) is 5. The van der Waals surface area contributed by atoms with Crippen LogP contribution >= 0.6 is 0 Å². The van der Waals surface area contributed by atoms with Gasteiger partial charge in [0.1, 0.15) is 17.7 Å². The highest BCUT2D eigenvalue weighted by Crippen LogP contribution is 2.34. The minimum absolute atomic E-state index is 0.172. The number of amides is 1. The molecule has 25 heavy (non-hydrogen) atoms. The molecule has 0 bridgehead atoms. The molecular formula is C14H13F3N4O4. The van der Waals surface area contributed by atoms with Crippen LogP contribution < -0.4 is 21.3 Å². The lowest BCUT2D eigenvalue weighted by atomic mass is 10.2. The monoisotopic (exact) mass is 358 g/mol. The number of ether oxygens (including phenoxy) is 1. The molecule has 134 valence electrons. The fraction of sp³-hybridized carbons (Fsp3) is 0.286. The highest BCUT2D eigenvalue weighted by molar-refractivity contribution is 5.93. The maximum Gasteiger partial charge on any atom is 0.421 e. The summed E-state index contributed by atoms with van der Waals surface area (Å²) in [7, 11) is 1.35. The number of aryl methyl sites for hydroxylation is 1. The lowest BCUT2D eigenvalue weighted by molar-refractivity contribution is -0.139. The van der Waals surface area contributed by atoms with Gasteiger partial charge in [0.05, 0.1) is 6.54 Å². The Labute approximate surface area is 138 Å². The Hall–Kier alpha value is -3.11. The van der Waals surface area contributed by atoms with Crippen molar-refractivity contribution in [3.05, 3.63) is 56.5 Å². The van der Waals surface area contributed by atoms with E-state index in [-0.39, 0.29) is 18.7 Å². The molecule has 1 amide bonds. The SMILES string of the molecule is Cn1cc(C(=O)NCCOc2ncccc2C(F)(F)F)c(=O)[nH]c1=O. The van der Waals surface area contributed by atoms with Crippen LogP contribution in [-0.2, 0) is 13.2 Å². The van der Waals surface area contributed by atoms with E-state index in [0.717, 1.165) is 29.1 Å². The molecule has 0 atom stereocenters. The summed E-state index contributed by atoms with van der Waals surface area (Å²) >= 11 is 0. The zero-order valence-corrected chi connectivity index (χ0v) is 12.9. The Balaban J connectivity index is 1.97. The topological polar surface area (TPSA) is 106 Å². The number of pyridine rings is 1. The van der Waals surface area contributed by atoms with Crippen LogP contribution in [0.3, 0.4) is 0 Å². The molecule has 8 nitrogen and oxygen atoms in total. The minimum Gasteiger partial charge on any atom is -0.475 e. The Morgan fingerprint density at radius 1 is 1.40 bits per heavy atom. The van der Waals surface area contributed by atoms with Crippen molar-refractivity contribution in [1.82, 2.24) is 19.9 Å². The van der Waals surface area contributed by atoms with Crippen molar-refractivity contribution in [2.45, 2.75) is 6.18 Å². The number of carbonyl (C=O) groups excluding carboxylic acids is 1. The molecule has 2 heterocycles. The van der Waals surface area contributed by atoms with Crippen LogP contribution in [0.25, 0.3) is 0 Å². The van der Waals surface area contributed by atoms with Crippen LogP contribution in [0.2, 0.25) is 0 Å². The van der Waals surface area contributed by atoms with Crippen molar-refractivity contribution in [2.24, 2.45) is 7.05 Å². The molecule has 0 saturated heterocycles. The van der Waals surface area contributed by atoms with Crippen molar-refractivity contribution in [1.29, 1.82) is 0 Å². The number of aromatic nitrogens is 3. The third kappa shape index (κ3) is 4.46. The zero-order valence-electron chi connectivity index (χ0n) is 12.9. The second-order valence-electron chi connectivity index (χ2n) is 4.87. The predicted molar refractivity (Wildman–Crippen MR) is 79.4 cm³/mol. The third-order valence-corrected chi connectivity index (χ3v) is 3.06. The number of hydrogen-bond donors (Lipinski definition) is 2. The van der Waals surface area contributed by atoms with Gasteiger partial charge in [-0.1, -0.05) is 0 Å². The first kappa shape index (κ1) is 18.2. The molecule has 0 aromatic carbocycles. The zero-order chi connectivity index (χ0) is 18.6. The normalized spacial score (nSPS) is 11.2. The van der Waals surface area contributed by atoms with E-state index in [9.17, 15) is 27.6 Å². The average molecular weight is 358 g/mol. The van der Waals surface area contributed by atoms with E-state index in [1.54, 1.807) is 0 Å². The lowest BCUT2D eigenvalue weighted by Gasteiger charge is -2.12. The van der Waals surface area contributed by atoms with Crippen LogP contribution in [0.1, 0.15) is 15.9 Å². The first-order valence-electron chi connectivity index (χ1n) is 6.93. The number of alkyl halides is 3. The Bertz CT molecular complexity index is 889. The quantitative estimate of drug-likeness (QED) is 0.748. The molecular weight excluding hydrogens is 345 g/mol. The van der Waals surface area contributed by atoms with Gasteiger partial charge >= 0.3 is 11.9 Å². The first-order valence-corrected chi connectivity index (χ1v) is 6.93. The summed E-state index contributed by atoms with van der Waals surface area (Å²) in [6.07, 6.45) is -2.42.